The van der Waals surface area contributed by atoms with Crippen LogP contribution in [0.3, 0.4) is 0 Å². The SMILES string of the molecule is Cc1ccc(-c2nc(CN3CCN(C[C@@H](O)COc4ccc5sc(C)nc5c4)CC3)no2)cc1. The van der Waals surface area contributed by atoms with E-state index in [1.54, 1.807) is 11.3 Å². The number of rotatable bonds is 8. The molecule has 1 aliphatic rings. The van der Waals surface area contributed by atoms with E-state index in [1.807, 2.05) is 49.4 Å². The van der Waals surface area contributed by atoms with Crippen LogP contribution in [0, 0.1) is 13.8 Å². The summed E-state index contributed by atoms with van der Waals surface area (Å²) in [5.41, 5.74) is 3.08. The van der Waals surface area contributed by atoms with E-state index in [1.165, 1.54) is 5.56 Å². The normalized spacial score (nSPS) is 16.2. The number of aromatic nitrogens is 3. The van der Waals surface area contributed by atoms with Gasteiger partial charge >= 0.3 is 0 Å². The Bertz CT molecular complexity index is 1230. The van der Waals surface area contributed by atoms with Gasteiger partial charge in [-0.15, -0.1) is 11.3 Å². The van der Waals surface area contributed by atoms with Crippen LogP contribution in [-0.4, -0.2) is 75.5 Å². The third kappa shape index (κ3) is 5.61. The van der Waals surface area contributed by atoms with Gasteiger partial charge in [0.15, 0.2) is 5.82 Å². The number of hydrogen-bond acceptors (Lipinski definition) is 9. The molecule has 1 fully saturated rings. The van der Waals surface area contributed by atoms with Gasteiger partial charge in [0, 0.05) is 44.4 Å². The largest absolute Gasteiger partial charge is 0.491 e. The van der Waals surface area contributed by atoms with Crippen LogP contribution in [0.1, 0.15) is 16.4 Å². The average molecular weight is 480 g/mol. The molecule has 0 aliphatic carbocycles. The van der Waals surface area contributed by atoms with E-state index in [2.05, 4.69) is 31.8 Å². The monoisotopic (exact) mass is 479 g/mol. The van der Waals surface area contributed by atoms with E-state index in [-0.39, 0.29) is 6.61 Å². The van der Waals surface area contributed by atoms with Gasteiger partial charge in [0.25, 0.3) is 5.89 Å². The van der Waals surface area contributed by atoms with Gasteiger partial charge in [0.1, 0.15) is 18.5 Å². The number of piperazine rings is 1. The van der Waals surface area contributed by atoms with Gasteiger partial charge in [-0.3, -0.25) is 9.80 Å². The number of ether oxygens (including phenoxy) is 1. The number of benzene rings is 2. The highest BCUT2D eigenvalue weighted by Crippen LogP contribution is 2.25. The Labute approximate surface area is 202 Å². The first-order valence-electron chi connectivity index (χ1n) is 11.5. The molecular weight excluding hydrogens is 450 g/mol. The van der Waals surface area contributed by atoms with Crippen molar-refractivity contribution in [2.45, 2.75) is 26.5 Å². The molecule has 1 N–H and O–H groups in total. The minimum atomic E-state index is -0.548. The van der Waals surface area contributed by atoms with Crippen LogP contribution in [0.15, 0.2) is 47.0 Å². The number of nitrogens with zero attached hydrogens (tertiary/aromatic N) is 5. The van der Waals surface area contributed by atoms with Gasteiger partial charge in [0.05, 0.1) is 21.8 Å². The van der Waals surface area contributed by atoms with Gasteiger partial charge in [-0.05, 0) is 38.1 Å². The van der Waals surface area contributed by atoms with Gasteiger partial charge in [-0.25, -0.2) is 4.98 Å². The summed E-state index contributed by atoms with van der Waals surface area (Å²) in [5, 5.41) is 15.7. The molecule has 2 aromatic heterocycles. The fourth-order valence-corrected chi connectivity index (χ4v) is 4.92. The molecule has 1 atom stereocenters. The quantitative estimate of drug-likeness (QED) is 0.411. The lowest BCUT2D eigenvalue weighted by molar-refractivity contribution is 0.0440. The Kier molecular flexibility index (Phi) is 6.87. The Hall–Kier alpha value is -2.85. The van der Waals surface area contributed by atoms with Crippen molar-refractivity contribution in [3.63, 3.8) is 0 Å². The van der Waals surface area contributed by atoms with Gasteiger partial charge in [-0.1, -0.05) is 22.9 Å². The zero-order chi connectivity index (χ0) is 23.5. The predicted octanol–water partition coefficient (Wildman–Crippen LogP) is 3.52. The van der Waals surface area contributed by atoms with Gasteiger partial charge < -0.3 is 14.4 Å². The third-order valence-corrected chi connectivity index (χ3v) is 6.93. The lowest BCUT2D eigenvalue weighted by Crippen LogP contribution is -2.48. The summed E-state index contributed by atoms with van der Waals surface area (Å²) in [6.45, 7) is 9.10. The van der Waals surface area contributed by atoms with Crippen molar-refractivity contribution in [3.05, 3.63) is 58.9 Å². The number of aliphatic hydroxyl groups is 1. The van der Waals surface area contributed by atoms with Crippen molar-refractivity contribution in [2.24, 2.45) is 0 Å². The standard InChI is InChI=1S/C25H29N5O3S/c1-17-3-5-19(6-4-17)25-27-24(28-33-25)15-30-11-9-29(10-12-30)14-20(31)16-32-21-7-8-23-22(13-21)26-18(2)34-23/h3-8,13,20,31H,9-12,14-16H2,1-2H3/t20-/m1/s1. The molecule has 34 heavy (non-hydrogen) atoms. The van der Waals surface area contributed by atoms with Crippen molar-refractivity contribution < 1.29 is 14.4 Å². The molecule has 0 amide bonds. The van der Waals surface area contributed by atoms with E-state index >= 15 is 0 Å². The Morgan fingerprint density at radius 3 is 2.59 bits per heavy atom. The van der Waals surface area contributed by atoms with E-state index in [0.29, 0.717) is 24.8 Å². The number of aliphatic hydroxyl groups excluding tert-OH is 1. The first-order valence-corrected chi connectivity index (χ1v) is 12.4. The second kappa shape index (κ2) is 10.2. The number of aryl methyl sites for hydroxylation is 2. The Morgan fingerprint density at radius 1 is 1.03 bits per heavy atom. The molecule has 0 saturated carbocycles. The number of thiazole rings is 1. The van der Waals surface area contributed by atoms with Crippen LogP contribution in [-0.2, 0) is 6.54 Å². The average Bonchev–Trinajstić information content (AvgIpc) is 3.44. The molecular formula is C25H29N5O3S. The minimum Gasteiger partial charge on any atom is -0.491 e. The topological polar surface area (TPSA) is 87.8 Å². The molecule has 8 nitrogen and oxygen atoms in total. The molecule has 0 unspecified atom stereocenters. The second-order valence-corrected chi connectivity index (χ2v) is 10.0. The summed E-state index contributed by atoms with van der Waals surface area (Å²) in [6.07, 6.45) is -0.548. The second-order valence-electron chi connectivity index (χ2n) is 8.79. The summed E-state index contributed by atoms with van der Waals surface area (Å²) in [7, 11) is 0. The highest BCUT2D eigenvalue weighted by molar-refractivity contribution is 7.18. The van der Waals surface area contributed by atoms with Crippen molar-refractivity contribution in [1.29, 1.82) is 0 Å². The molecule has 1 aliphatic heterocycles. The Morgan fingerprint density at radius 2 is 1.79 bits per heavy atom. The molecule has 9 heteroatoms. The third-order valence-electron chi connectivity index (χ3n) is 5.97. The van der Waals surface area contributed by atoms with Gasteiger partial charge in [-0.2, -0.15) is 4.98 Å². The van der Waals surface area contributed by atoms with Crippen molar-refractivity contribution in [1.82, 2.24) is 24.9 Å². The van der Waals surface area contributed by atoms with Crippen LogP contribution in [0.2, 0.25) is 0 Å². The molecule has 0 spiro atoms. The highest BCUT2D eigenvalue weighted by atomic mass is 32.1. The van der Waals surface area contributed by atoms with Crippen LogP contribution in [0.5, 0.6) is 5.75 Å². The first kappa shape index (κ1) is 22.9. The zero-order valence-corrected chi connectivity index (χ0v) is 20.3. The summed E-state index contributed by atoms with van der Waals surface area (Å²) in [6, 6.07) is 14.0. The molecule has 0 radical (unpaired) electrons. The fraction of sp³-hybridized carbons (Fsp3) is 0.400. The van der Waals surface area contributed by atoms with E-state index < -0.39 is 6.10 Å². The summed E-state index contributed by atoms with van der Waals surface area (Å²) >= 11 is 1.67. The molecule has 5 rings (SSSR count). The van der Waals surface area contributed by atoms with Crippen molar-refractivity contribution in [2.75, 3.05) is 39.3 Å². The summed E-state index contributed by atoms with van der Waals surface area (Å²) < 4.78 is 12.4. The smallest absolute Gasteiger partial charge is 0.257 e. The number of fused-ring (bicyclic) bond motifs is 1. The lowest BCUT2D eigenvalue weighted by atomic mass is 10.1. The van der Waals surface area contributed by atoms with E-state index in [0.717, 1.165) is 52.7 Å². The van der Waals surface area contributed by atoms with Gasteiger partial charge in [0.2, 0.25) is 0 Å². The van der Waals surface area contributed by atoms with Crippen molar-refractivity contribution in [3.8, 4) is 17.2 Å². The number of β-amino-alcohol motifs (C(OH)–C–C–N with tert-alkyl or cyclic N) is 1. The number of hydrogen-bond donors (Lipinski definition) is 1. The molecule has 2 aromatic carbocycles. The molecule has 1 saturated heterocycles. The molecule has 178 valence electrons. The maximum atomic E-state index is 10.5. The van der Waals surface area contributed by atoms with Crippen LogP contribution in [0.25, 0.3) is 21.7 Å². The van der Waals surface area contributed by atoms with Crippen LogP contribution < -0.4 is 4.74 Å². The van der Waals surface area contributed by atoms with E-state index in [4.69, 9.17) is 9.26 Å². The summed E-state index contributed by atoms with van der Waals surface area (Å²) in [4.78, 5) is 13.6. The molecule has 0 bridgehead atoms. The van der Waals surface area contributed by atoms with Crippen LogP contribution in [0.4, 0.5) is 0 Å². The molecule has 4 aromatic rings. The summed E-state index contributed by atoms with van der Waals surface area (Å²) in [5.74, 6) is 2.00. The maximum Gasteiger partial charge on any atom is 0.257 e. The fourth-order valence-electron chi connectivity index (χ4n) is 4.12. The zero-order valence-electron chi connectivity index (χ0n) is 19.5. The lowest BCUT2D eigenvalue weighted by Gasteiger charge is -2.34. The van der Waals surface area contributed by atoms with Crippen molar-refractivity contribution >= 4 is 21.6 Å². The minimum absolute atomic E-state index is 0.263. The highest BCUT2D eigenvalue weighted by Gasteiger charge is 2.21. The van der Waals surface area contributed by atoms with Crippen LogP contribution >= 0.6 is 11.3 Å². The molecule has 3 heterocycles. The first-order chi connectivity index (χ1) is 16.5. The Balaban J connectivity index is 1.05. The predicted molar refractivity (Wildman–Crippen MR) is 132 cm³/mol. The van der Waals surface area contributed by atoms with E-state index in [9.17, 15) is 5.11 Å². The maximum absolute atomic E-state index is 10.5.